The molecule has 0 aliphatic carbocycles. The minimum Gasteiger partial charge on any atom is -0.328 e. The molecule has 1 aliphatic heterocycles. The summed E-state index contributed by atoms with van der Waals surface area (Å²) in [6.45, 7) is 6.44. The van der Waals surface area contributed by atoms with Gasteiger partial charge in [0.1, 0.15) is 22.7 Å². The van der Waals surface area contributed by atoms with Crippen molar-refractivity contribution >= 4 is 11.6 Å². The number of aryl methyl sites for hydroxylation is 3. The van der Waals surface area contributed by atoms with Crippen LogP contribution in [0.5, 0.6) is 0 Å². The van der Waals surface area contributed by atoms with E-state index in [0.717, 1.165) is 41.1 Å². The fourth-order valence-electron chi connectivity index (χ4n) is 3.50. The minimum absolute atomic E-state index is 0.0181. The van der Waals surface area contributed by atoms with Crippen molar-refractivity contribution in [1.29, 1.82) is 0 Å². The molecule has 3 aromatic heterocycles. The molecule has 1 amide bonds. The molecule has 0 spiro atoms. The molecule has 4 rings (SSSR count). The Kier molecular flexibility index (Phi) is 3.37. The molecular weight excluding hydrogens is 306 g/mol. The van der Waals surface area contributed by atoms with Gasteiger partial charge in [0.15, 0.2) is 0 Å². The highest BCUT2D eigenvalue weighted by molar-refractivity contribution is 5.95. The van der Waals surface area contributed by atoms with Crippen molar-refractivity contribution in [3.63, 3.8) is 0 Å². The monoisotopic (exact) mass is 325 g/mol. The molecule has 24 heavy (non-hydrogen) atoms. The van der Waals surface area contributed by atoms with E-state index >= 15 is 0 Å². The van der Waals surface area contributed by atoms with E-state index in [2.05, 4.69) is 15.3 Å². The molecule has 3 aromatic rings. The third-order valence-electron chi connectivity index (χ3n) is 4.66. The zero-order valence-corrected chi connectivity index (χ0v) is 14.0. The minimum atomic E-state index is -0.0847. The molecule has 7 nitrogen and oxygen atoms in total. The van der Waals surface area contributed by atoms with Crippen molar-refractivity contribution in [3.8, 4) is 0 Å². The van der Waals surface area contributed by atoms with E-state index in [1.54, 1.807) is 0 Å². The quantitative estimate of drug-likeness (QED) is 0.724. The first kappa shape index (κ1) is 14.9. The van der Waals surface area contributed by atoms with Gasteiger partial charge in [-0.25, -0.2) is 9.61 Å². The first-order valence-corrected chi connectivity index (χ1v) is 8.11. The number of carbonyl (C=O) groups excluding carboxylic acids is 1. The van der Waals surface area contributed by atoms with E-state index < -0.39 is 0 Å². The second-order valence-electron chi connectivity index (χ2n) is 6.37. The Labute approximate surface area is 139 Å². The number of fused-ring (bicyclic) bond motifs is 1. The van der Waals surface area contributed by atoms with Crippen LogP contribution in [0.1, 0.15) is 52.0 Å². The van der Waals surface area contributed by atoms with Gasteiger partial charge >= 0.3 is 0 Å². The molecule has 0 saturated carbocycles. The van der Waals surface area contributed by atoms with E-state index in [1.807, 2.05) is 48.4 Å². The maximum absolute atomic E-state index is 13.3. The fourth-order valence-corrected chi connectivity index (χ4v) is 3.50. The number of hydrogen-bond acceptors (Lipinski definition) is 5. The first-order valence-electron chi connectivity index (χ1n) is 8.11. The predicted molar refractivity (Wildman–Crippen MR) is 86.7 cm³/mol. The van der Waals surface area contributed by atoms with Crippen molar-refractivity contribution in [2.75, 3.05) is 6.54 Å². The number of pyridine rings is 1. The van der Waals surface area contributed by atoms with Gasteiger partial charge in [0.25, 0.3) is 5.91 Å². The summed E-state index contributed by atoms with van der Waals surface area (Å²) in [6.07, 6.45) is 3.77. The van der Waals surface area contributed by atoms with Crippen molar-refractivity contribution < 1.29 is 9.42 Å². The molecule has 124 valence electrons. The summed E-state index contributed by atoms with van der Waals surface area (Å²) in [5, 5.41) is 7.86. The van der Waals surface area contributed by atoms with Gasteiger partial charge in [0.05, 0.1) is 11.7 Å². The number of carbonyl (C=O) groups is 1. The smallest absolute Gasteiger partial charge is 0.273 e. The maximum Gasteiger partial charge on any atom is 0.273 e. The van der Waals surface area contributed by atoms with Gasteiger partial charge in [-0.3, -0.25) is 9.20 Å². The molecule has 0 N–H and O–H groups in total. The molecule has 1 unspecified atom stereocenters. The van der Waals surface area contributed by atoms with Gasteiger partial charge in [-0.05, 0) is 45.2 Å². The zero-order chi connectivity index (χ0) is 16.8. The van der Waals surface area contributed by atoms with Gasteiger partial charge in [0, 0.05) is 12.7 Å². The van der Waals surface area contributed by atoms with Crippen molar-refractivity contribution in [2.24, 2.45) is 0 Å². The van der Waals surface area contributed by atoms with Crippen molar-refractivity contribution in [1.82, 2.24) is 24.6 Å². The second kappa shape index (κ2) is 5.43. The molecule has 4 heterocycles. The van der Waals surface area contributed by atoms with Crippen LogP contribution in [0.4, 0.5) is 0 Å². The average Bonchev–Trinajstić information content (AvgIpc) is 3.24. The van der Waals surface area contributed by atoms with Crippen molar-refractivity contribution in [3.05, 3.63) is 46.7 Å². The van der Waals surface area contributed by atoms with E-state index in [4.69, 9.17) is 4.63 Å². The van der Waals surface area contributed by atoms with Crippen LogP contribution in [-0.4, -0.2) is 37.0 Å². The fraction of sp³-hybridized carbons (Fsp3) is 0.412. The Morgan fingerprint density at radius 1 is 1.21 bits per heavy atom. The number of rotatable bonds is 2. The lowest BCUT2D eigenvalue weighted by Gasteiger charge is -2.23. The Bertz CT molecular complexity index is 926. The second-order valence-corrected chi connectivity index (χ2v) is 6.37. The molecule has 1 saturated heterocycles. The van der Waals surface area contributed by atoms with E-state index in [0.29, 0.717) is 12.2 Å². The summed E-state index contributed by atoms with van der Waals surface area (Å²) in [4.78, 5) is 19.6. The Balaban J connectivity index is 1.77. The maximum atomic E-state index is 13.3. The zero-order valence-electron chi connectivity index (χ0n) is 14.0. The Morgan fingerprint density at radius 3 is 2.79 bits per heavy atom. The standard InChI is InChI=1S/C17H19N5O2/c1-10-6-7-14-18-12(3)16(22(14)9-10)17(23)21-8-4-5-13(21)15-11(2)19-24-20-15/h6-7,9,13H,4-5,8H2,1-3H3. The van der Waals surface area contributed by atoms with Crippen LogP contribution in [-0.2, 0) is 0 Å². The van der Waals surface area contributed by atoms with Gasteiger partial charge in [-0.2, -0.15) is 0 Å². The summed E-state index contributed by atoms with van der Waals surface area (Å²) < 4.78 is 6.72. The third-order valence-corrected chi connectivity index (χ3v) is 4.66. The van der Waals surface area contributed by atoms with Crippen LogP contribution >= 0.6 is 0 Å². The van der Waals surface area contributed by atoms with Crippen LogP contribution in [0.25, 0.3) is 5.65 Å². The summed E-state index contributed by atoms with van der Waals surface area (Å²) in [5.74, 6) is -0.0181. The van der Waals surface area contributed by atoms with E-state index in [1.165, 1.54) is 0 Å². The van der Waals surface area contributed by atoms with Crippen LogP contribution in [0, 0.1) is 20.8 Å². The first-order chi connectivity index (χ1) is 11.6. The molecule has 7 heteroatoms. The van der Waals surface area contributed by atoms with Crippen LogP contribution in [0.3, 0.4) is 0 Å². The molecule has 0 radical (unpaired) electrons. The molecular formula is C17H19N5O2. The predicted octanol–water partition coefficient (Wildman–Crippen LogP) is 2.62. The van der Waals surface area contributed by atoms with Crippen LogP contribution in [0.2, 0.25) is 0 Å². The molecule has 1 aliphatic rings. The highest BCUT2D eigenvalue weighted by atomic mass is 16.6. The number of hydrogen-bond donors (Lipinski definition) is 0. The molecule has 1 atom stereocenters. The molecule has 0 bridgehead atoms. The topological polar surface area (TPSA) is 76.5 Å². The van der Waals surface area contributed by atoms with Crippen molar-refractivity contribution in [2.45, 2.75) is 39.7 Å². The van der Waals surface area contributed by atoms with E-state index in [9.17, 15) is 4.79 Å². The summed E-state index contributed by atoms with van der Waals surface area (Å²) in [6, 6.07) is 3.85. The van der Waals surface area contributed by atoms with Crippen LogP contribution in [0.15, 0.2) is 23.0 Å². The lowest BCUT2D eigenvalue weighted by Crippen LogP contribution is -2.32. The lowest BCUT2D eigenvalue weighted by molar-refractivity contribution is 0.0722. The highest BCUT2D eigenvalue weighted by Crippen LogP contribution is 2.33. The summed E-state index contributed by atoms with van der Waals surface area (Å²) in [5.41, 5.74) is 4.73. The Hall–Kier alpha value is -2.70. The lowest BCUT2D eigenvalue weighted by atomic mass is 10.1. The largest absolute Gasteiger partial charge is 0.328 e. The van der Waals surface area contributed by atoms with Gasteiger partial charge in [-0.1, -0.05) is 16.4 Å². The number of imidazole rings is 1. The number of likely N-dealkylation sites (tertiary alicyclic amines) is 1. The number of aromatic nitrogens is 4. The third kappa shape index (κ3) is 2.19. The van der Waals surface area contributed by atoms with Crippen LogP contribution < -0.4 is 0 Å². The summed E-state index contributed by atoms with van der Waals surface area (Å²) >= 11 is 0. The normalized spacial score (nSPS) is 17.8. The summed E-state index contributed by atoms with van der Waals surface area (Å²) in [7, 11) is 0. The average molecular weight is 325 g/mol. The van der Waals surface area contributed by atoms with Gasteiger partial charge in [-0.15, -0.1) is 0 Å². The molecule has 1 fully saturated rings. The number of amides is 1. The number of nitrogens with zero attached hydrogens (tertiary/aromatic N) is 5. The molecule has 0 aromatic carbocycles. The Morgan fingerprint density at radius 2 is 2.04 bits per heavy atom. The van der Waals surface area contributed by atoms with Gasteiger partial charge < -0.3 is 4.90 Å². The van der Waals surface area contributed by atoms with E-state index in [-0.39, 0.29) is 11.9 Å². The SMILES string of the molecule is Cc1ccc2nc(C)c(C(=O)N3CCCC3c3nonc3C)n2c1. The highest BCUT2D eigenvalue weighted by Gasteiger charge is 2.35. The van der Waals surface area contributed by atoms with Gasteiger partial charge in [0.2, 0.25) is 0 Å².